The summed E-state index contributed by atoms with van der Waals surface area (Å²) < 4.78 is 36.0. The number of nitrogens with two attached hydrogens (primary N) is 1. The fourth-order valence-electron chi connectivity index (χ4n) is 2.11. The molecule has 1 aliphatic rings. The zero-order chi connectivity index (χ0) is 13.1. The fraction of sp³-hybridized carbons (Fsp3) is 0.900. The Kier molecular flexibility index (Phi) is 6.94. The van der Waals surface area contributed by atoms with Crippen LogP contribution in [0.5, 0.6) is 0 Å². The summed E-state index contributed by atoms with van der Waals surface area (Å²) in [7, 11) is 0. The van der Waals surface area contributed by atoms with Crippen molar-refractivity contribution in [3.8, 4) is 0 Å². The van der Waals surface area contributed by atoms with E-state index in [0.717, 1.165) is 12.8 Å². The van der Waals surface area contributed by atoms with Gasteiger partial charge in [-0.3, -0.25) is 4.79 Å². The van der Waals surface area contributed by atoms with Crippen molar-refractivity contribution in [1.29, 1.82) is 0 Å². The molecule has 8 heteroatoms. The highest BCUT2D eigenvalue weighted by molar-refractivity contribution is 5.85. The van der Waals surface area contributed by atoms with Crippen LogP contribution in [0.25, 0.3) is 0 Å². The molecule has 0 heterocycles. The zero-order valence-corrected chi connectivity index (χ0v) is 10.6. The number of alkyl halides is 3. The highest BCUT2D eigenvalue weighted by Crippen LogP contribution is 2.31. The van der Waals surface area contributed by atoms with Gasteiger partial charge in [-0.15, -0.1) is 12.4 Å². The van der Waals surface area contributed by atoms with Gasteiger partial charge in [-0.05, 0) is 25.3 Å². The number of rotatable bonds is 4. The predicted octanol–water partition coefficient (Wildman–Crippen LogP) is 0.823. The maximum Gasteiger partial charge on any atom is 0.416 e. The lowest BCUT2D eigenvalue weighted by atomic mass is 9.95. The number of aliphatic hydroxyl groups excluding tert-OH is 1. The molecule has 1 aliphatic carbocycles. The van der Waals surface area contributed by atoms with Gasteiger partial charge in [0.05, 0.1) is 6.54 Å². The van der Waals surface area contributed by atoms with E-state index in [1.165, 1.54) is 0 Å². The predicted molar refractivity (Wildman–Crippen MR) is 62.2 cm³/mol. The van der Waals surface area contributed by atoms with Crippen LogP contribution in [0.3, 0.4) is 0 Å². The van der Waals surface area contributed by atoms with Gasteiger partial charge in [-0.1, -0.05) is 6.42 Å². The quantitative estimate of drug-likeness (QED) is 0.718. The smallest absolute Gasteiger partial charge is 0.382 e. The molecule has 0 spiro atoms. The van der Waals surface area contributed by atoms with Crippen LogP contribution in [0, 0.1) is 11.8 Å². The molecule has 0 radical (unpaired) electrons. The molecule has 0 saturated heterocycles. The summed E-state index contributed by atoms with van der Waals surface area (Å²) in [6.45, 7) is -0.434. The summed E-state index contributed by atoms with van der Waals surface area (Å²) in [6.07, 6.45) is -4.87. The summed E-state index contributed by atoms with van der Waals surface area (Å²) in [5, 5.41) is 10.9. The lowest BCUT2D eigenvalue weighted by Gasteiger charge is -2.19. The van der Waals surface area contributed by atoms with Crippen LogP contribution in [0.2, 0.25) is 0 Å². The van der Waals surface area contributed by atoms with E-state index < -0.39 is 24.7 Å². The minimum atomic E-state index is -4.70. The first-order chi connectivity index (χ1) is 7.86. The van der Waals surface area contributed by atoms with E-state index in [0.29, 0.717) is 13.0 Å². The second kappa shape index (κ2) is 7.16. The van der Waals surface area contributed by atoms with E-state index in [9.17, 15) is 18.0 Å². The highest BCUT2D eigenvalue weighted by Gasteiger charge is 2.39. The Morgan fingerprint density at radius 1 is 1.44 bits per heavy atom. The van der Waals surface area contributed by atoms with Gasteiger partial charge in [0.2, 0.25) is 5.91 Å². The first-order valence-corrected chi connectivity index (χ1v) is 5.58. The lowest BCUT2D eigenvalue weighted by Crippen LogP contribution is -2.43. The number of nitrogens with one attached hydrogen (secondary N) is 1. The van der Waals surface area contributed by atoms with Crippen LogP contribution in [-0.4, -0.2) is 36.4 Å². The Morgan fingerprint density at radius 2 is 2.06 bits per heavy atom. The molecule has 1 rings (SSSR count). The Labute approximate surface area is 110 Å². The van der Waals surface area contributed by atoms with Crippen molar-refractivity contribution < 1.29 is 23.1 Å². The van der Waals surface area contributed by atoms with E-state index in [1.807, 2.05) is 0 Å². The molecule has 1 saturated carbocycles. The first-order valence-electron chi connectivity index (χ1n) is 5.58. The van der Waals surface area contributed by atoms with E-state index in [2.05, 4.69) is 5.32 Å². The highest BCUT2D eigenvalue weighted by atomic mass is 35.5. The molecule has 3 atom stereocenters. The van der Waals surface area contributed by atoms with Gasteiger partial charge in [0.15, 0.2) is 6.10 Å². The van der Waals surface area contributed by atoms with Crippen LogP contribution in [-0.2, 0) is 4.79 Å². The molecular formula is C10H18ClF3N2O2. The van der Waals surface area contributed by atoms with Gasteiger partial charge in [-0.2, -0.15) is 13.2 Å². The number of amides is 1. The number of hydrogen-bond donors (Lipinski definition) is 3. The van der Waals surface area contributed by atoms with Crippen molar-refractivity contribution in [2.75, 3.05) is 13.1 Å². The standard InChI is InChI=1S/C10H17F3N2O2.ClH/c11-10(12,13)8(16)5-15-9(17)7-3-1-2-6(7)4-14;/h6-8,16H,1-5,14H2,(H,15,17);1H/t6-,7-,8?;/m1./s1. The van der Waals surface area contributed by atoms with E-state index in [1.54, 1.807) is 0 Å². The average molecular weight is 291 g/mol. The second-order valence-electron chi connectivity index (χ2n) is 4.34. The van der Waals surface area contributed by atoms with Gasteiger partial charge in [0, 0.05) is 5.92 Å². The molecule has 4 N–H and O–H groups in total. The molecule has 108 valence electrons. The van der Waals surface area contributed by atoms with E-state index >= 15 is 0 Å². The number of aliphatic hydroxyl groups is 1. The van der Waals surface area contributed by atoms with Crippen LogP contribution in [0.15, 0.2) is 0 Å². The van der Waals surface area contributed by atoms with Gasteiger partial charge in [-0.25, -0.2) is 0 Å². The van der Waals surface area contributed by atoms with Crippen molar-refractivity contribution >= 4 is 18.3 Å². The van der Waals surface area contributed by atoms with Crippen molar-refractivity contribution in [3.63, 3.8) is 0 Å². The molecule has 1 unspecified atom stereocenters. The second-order valence-corrected chi connectivity index (χ2v) is 4.34. The van der Waals surface area contributed by atoms with E-state index in [-0.39, 0.29) is 24.2 Å². The summed E-state index contributed by atoms with van der Waals surface area (Å²) in [4.78, 5) is 11.6. The van der Waals surface area contributed by atoms with Crippen molar-refractivity contribution in [1.82, 2.24) is 5.32 Å². The SMILES string of the molecule is Cl.NC[C@H]1CCC[C@H]1C(=O)NCC(O)C(F)(F)F. The third-order valence-corrected chi connectivity index (χ3v) is 3.15. The number of carbonyl (C=O) groups is 1. The molecule has 18 heavy (non-hydrogen) atoms. The average Bonchev–Trinajstić information content (AvgIpc) is 2.71. The monoisotopic (exact) mass is 290 g/mol. The first kappa shape index (κ1) is 17.5. The lowest BCUT2D eigenvalue weighted by molar-refractivity contribution is -0.202. The Balaban J connectivity index is 0.00000289. The number of hydrogen-bond acceptors (Lipinski definition) is 3. The molecule has 0 aliphatic heterocycles. The zero-order valence-electron chi connectivity index (χ0n) is 9.74. The van der Waals surface area contributed by atoms with Crippen LogP contribution >= 0.6 is 12.4 Å². The molecular weight excluding hydrogens is 273 g/mol. The minimum Gasteiger partial charge on any atom is -0.382 e. The number of halogens is 4. The minimum absolute atomic E-state index is 0. The van der Waals surface area contributed by atoms with Gasteiger partial charge < -0.3 is 16.2 Å². The van der Waals surface area contributed by atoms with Crippen molar-refractivity contribution in [2.24, 2.45) is 17.6 Å². The number of carbonyl (C=O) groups excluding carboxylic acids is 1. The van der Waals surface area contributed by atoms with Gasteiger partial charge >= 0.3 is 6.18 Å². The topological polar surface area (TPSA) is 75.4 Å². The van der Waals surface area contributed by atoms with Crippen molar-refractivity contribution in [3.05, 3.63) is 0 Å². The summed E-state index contributed by atoms with van der Waals surface area (Å²) in [6, 6.07) is 0. The summed E-state index contributed by atoms with van der Waals surface area (Å²) in [5.74, 6) is -0.722. The molecule has 1 amide bonds. The molecule has 4 nitrogen and oxygen atoms in total. The molecule has 0 bridgehead atoms. The molecule has 0 aromatic heterocycles. The largest absolute Gasteiger partial charge is 0.416 e. The van der Waals surface area contributed by atoms with Crippen LogP contribution in [0.4, 0.5) is 13.2 Å². The third kappa shape index (κ3) is 4.62. The van der Waals surface area contributed by atoms with Crippen LogP contribution < -0.4 is 11.1 Å². The Bertz CT molecular complexity index is 276. The molecule has 0 aromatic carbocycles. The fourth-order valence-corrected chi connectivity index (χ4v) is 2.11. The van der Waals surface area contributed by atoms with Gasteiger partial charge in [0.1, 0.15) is 0 Å². The summed E-state index contributed by atoms with van der Waals surface area (Å²) in [5.41, 5.74) is 5.48. The normalized spacial score (nSPS) is 25.4. The Hall–Kier alpha value is -0.530. The third-order valence-electron chi connectivity index (χ3n) is 3.15. The molecule has 0 aromatic rings. The summed E-state index contributed by atoms with van der Waals surface area (Å²) >= 11 is 0. The maximum absolute atomic E-state index is 12.0. The van der Waals surface area contributed by atoms with Gasteiger partial charge in [0.25, 0.3) is 0 Å². The maximum atomic E-state index is 12.0. The van der Waals surface area contributed by atoms with Crippen LogP contribution in [0.1, 0.15) is 19.3 Å². The van der Waals surface area contributed by atoms with Crippen molar-refractivity contribution in [2.45, 2.75) is 31.5 Å². The van der Waals surface area contributed by atoms with E-state index in [4.69, 9.17) is 10.8 Å². The molecule has 1 fully saturated rings. The Morgan fingerprint density at radius 3 is 2.56 bits per heavy atom.